The summed E-state index contributed by atoms with van der Waals surface area (Å²) in [6, 6.07) is 4.62. The van der Waals surface area contributed by atoms with Gasteiger partial charge >= 0.3 is 6.03 Å². The summed E-state index contributed by atoms with van der Waals surface area (Å²) in [6.45, 7) is 0.550. The smallest absolute Gasteiger partial charge is 0.321 e. The fraction of sp³-hybridized carbons (Fsp3) is 0.364. The molecular formula is C11H14Cl2N2O2. The van der Waals surface area contributed by atoms with Crippen LogP contribution in [-0.2, 0) is 0 Å². The number of urea groups is 1. The van der Waals surface area contributed by atoms with Crippen molar-refractivity contribution in [2.24, 2.45) is 0 Å². The minimum absolute atomic E-state index is 0.0599. The van der Waals surface area contributed by atoms with Gasteiger partial charge in [-0.2, -0.15) is 0 Å². The molecule has 0 unspecified atom stereocenters. The Morgan fingerprint density at radius 3 is 2.71 bits per heavy atom. The number of carbonyl (C=O) groups excluding carboxylic acids is 1. The molecule has 1 aromatic rings. The predicted molar refractivity (Wildman–Crippen MR) is 69.8 cm³/mol. The summed E-state index contributed by atoms with van der Waals surface area (Å²) in [4.78, 5) is 13.2. The van der Waals surface area contributed by atoms with Crippen LogP contribution in [-0.4, -0.2) is 36.2 Å². The lowest BCUT2D eigenvalue weighted by Crippen LogP contribution is -2.32. The van der Waals surface area contributed by atoms with Crippen LogP contribution in [0.4, 0.5) is 10.5 Å². The average molecular weight is 277 g/mol. The zero-order valence-electron chi connectivity index (χ0n) is 9.41. The van der Waals surface area contributed by atoms with E-state index in [9.17, 15) is 4.79 Å². The Morgan fingerprint density at radius 2 is 2.12 bits per heavy atom. The molecule has 4 nitrogen and oxygen atoms in total. The normalized spacial score (nSPS) is 10.1. The van der Waals surface area contributed by atoms with E-state index in [-0.39, 0.29) is 12.6 Å². The van der Waals surface area contributed by atoms with Gasteiger partial charge in [-0.1, -0.05) is 23.2 Å². The van der Waals surface area contributed by atoms with Crippen LogP contribution in [0.15, 0.2) is 18.2 Å². The van der Waals surface area contributed by atoms with Gasteiger partial charge in [-0.05, 0) is 24.6 Å². The molecule has 94 valence electrons. The molecule has 1 rings (SSSR count). The van der Waals surface area contributed by atoms with E-state index < -0.39 is 0 Å². The number of halogens is 2. The number of hydrogen-bond acceptors (Lipinski definition) is 2. The van der Waals surface area contributed by atoms with Crippen LogP contribution < -0.4 is 5.32 Å². The van der Waals surface area contributed by atoms with Crippen molar-refractivity contribution < 1.29 is 9.90 Å². The zero-order valence-corrected chi connectivity index (χ0v) is 10.9. The SMILES string of the molecule is CN(CCCO)C(=O)Nc1ccc(Cl)c(Cl)c1. The van der Waals surface area contributed by atoms with Gasteiger partial charge in [-0.15, -0.1) is 0 Å². The fourth-order valence-electron chi connectivity index (χ4n) is 1.20. The lowest BCUT2D eigenvalue weighted by atomic mass is 10.3. The highest BCUT2D eigenvalue weighted by atomic mass is 35.5. The second-order valence-corrected chi connectivity index (χ2v) is 4.37. The first-order valence-corrected chi connectivity index (χ1v) is 5.88. The van der Waals surface area contributed by atoms with E-state index >= 15 is 0 Å². The number of anilines is 1. The first kappa shape index (κ1) is 14.1. The number of amides is 2. The second-order valence-electron chi connectivity index (χ2n) is 3.56. The van der Waals surface area contributed by atoms with Gasteiger partial charge in [0, 0.05) is 25.9 Å². The summed E-state index contributed by atoms with van der Waals surface area (Å²) in [5, 5.41) is 12.2. The highest BCUT2D eigenvalue weighted by molar-refractivity contribution is 6.42. The molecule has 0 aliphatic heterocycles. The van der Waals surface area contributed by atoms with Crippen LogP contribution >= 0.6 is 23.2 Å². The number of rotatable bonds is 4. The van der Waals surface area contributed by atoms with E-state index in [0.717, 1.165) is 0 Å². The van der Waals surface area contributed by atoms with Crippen LogP contribution in [0.5, 0.6) is 0 Å². The van der Waals surface area contributed by atoms with Gasteiger partial charge < -0.3 is 15.3 Å². The molecule has 2 N–H and O–H groups in total. The zero-order chi connectivity index (χ0) is 12.8. The molecule has 2 amide bonds. The number of carbonyl (C=O) groups is 1. The Balaban J connectivity index is 2.58. The van der Waals surface area contributed by atoms with Crippen molar-refractivity contribution in [1.29, 1.82) is 0 Å². The maximum atomic E-state index is 11.7. The van der Waals surface area contributed by atoms with Crippen LogP contribution in [0.25, 0.3) is 0 Å². The van der Waals surface area contributed by atoms with Gasteiger partial charge in [-0.25, -0.2) is 4.79 Å². The first-order chi connectivity index (χ1) is 8.04. The van der Waals surface area contributed by atoms with E-state index in [4.69, 9.17) is 28.3 Å². The van der Waals surface area contributed by atoms with Crippen LogP contribution in [0.3, 0.4) is 0 Å². The molecule has 0 atom stereocenters. The van der Waals surface area contributed by atoms with Crippen LogP contribution in [0.1, 0.15) is 6.42 Å². The summed E-state index contributed by atoms with van der Waals surface area (Å²) >= 11 is 11.6. The molecule has 0 heterocycles. The maximum absolute atomic E-state index is 11.7. The van der Waals surface area contributed by atoms with E-state index in [1.54, 1.807) is 25.2 Å². The average Bonchev–Trinajstić information content (AvgIpc) is 2.30. The number of hydrogen-bond donors (Lipinski definition) is 2. The van der Waals surface area contributed by atoms with Crippen molar-refractivity contribution >= 4 is 34.9 Å². The molecule has 0 aliphatic rings. The summed E-state index contributed by atoms with van der Waals surface area (Å²) < 4.78 is 0. The maximum Gasteiger partial charge on any atom is 0.321 e. The molecular weight excluding hydrogens is 263 g/mol. The topological polar surface area (TPSA) is 52.6 Å². The van der Waals surface area contributed by atoms with Crippen molar-refractivity contribution in [2.75, 3.05) is 25.5 Å². The summed E-state index contributed by atoms with van der Waals surface area (Å²) in [5.74, 6) is 0. The third-order valence-electron chi connectivity index (χ3n) is 2.17. The standard InChI is InChI=1S/C11H14Cl2N2O2/c1-15(5-2-6-16)11(17)14-8-3-4-9(12)10(13)7-8/h3-4,7,16H,2,5-6H2,1H3,(H,14,17). The van der Waals surface area contributed by atoms with Crippen LogP contribution in [0.2, 0.25) is 10.0 Å². The van der Waals surface area contributed by atoms with Crippen molar-refractivity contribution in [1.82, 2.24) is 4.90 Å². The monoisotopic (exact) mass is 276 g/mol. The largest absolute Gasteiger partial charge is 0.396 e. The highest BCUT2D eigenvalue weighted by Gasteiger charge is 2.08. The summed E-state index contributed by atoms with van der Waals surface area (Å²) in [6.07, 6.45) is 0.547. The molecule has 17 heavy (non-hydrogen) atoms. The molecule has 0 saturated heterocycles. The Bertz CT molecular complexity index is 399. The Morgan fingerprint density at radius 1 is 1.41 bits per heavy atom. The quantitative estimate of drug-likeness (QED) is 0.889. The second kappa shape index (κ2) is 6.69. The molecule has 1 aromatic carbocycles. The summed E-state index contributed by atoms with van der Waals surface area (Å²) in [5.41, 5.74) is 0.584. The number of aliphatic hydroxyl groups is 1. The molecule has 6 heteroatoms. The Kier molecular flexibility index (Phi) is 5.55. The van der Waals surface area contributed by atoms with Crippen molar-refractivity contribution in [3.05, 3.63) is 28.2 Å². The lowest BCUT2D eigenvalue weighted by molar-refractivity contribution is 0.214. The number of nitrogens with zero attached hydrogens (tertiary/aromatic N) is 1. The molecule has 0 aromatic heterocycles. The van der Waals surface area contributed by atoms with Gasteiger partial charge in [0.2, 0.25) is 0 Å². The highest BCUT2D eigenvalue weighted by Crippen LogP contribution is 2.25. The molecule has 0 aliphatic carbocycles. The van der Waals surface area contributed by atoms with E-state index in [1.165, 1.54) is 4.90 Å². The number of benzene rings is 1. The van der Waals surface area contributed by atoms with Gasteiger partial charge in [0.1, 0.15) is 0 Å². The van der Waals surface area contributed by atoms with Gasteiger partial charge in [0.25, 0.3) is 0 Å². The molecule has 0 radical (unpaired) electrons. The van der Waals surface area contributed by atoms with Crippen molar-refractivity contribution in [2.45, 2.75) is 6.42 Å². The van der Waals surface area contributed by atoms with Gasteiger partial charge in [-0.3, -0.25) is 0 Å². The number of nitrogens with one attached hydrogen (secondary N) is 1. The van der Waals surface area contributed by atoms with Gasteiger partial charge in [0.05, 0.1) is 10.0 Å². The van der Waals surface area contributed by atoms with Crippen molar-refractivity contribution in [3.8, 4) is 0 Å². The Hall–Kier alpha value is -0.970. The van der Waals surface area contributed by atoms with E-state index in [1.807, 2.05) is 0 Å². The van der Waals surface area contributed by atoms with Gasteiger partial charge in [0.15, 0.2) is 0 Å². The predicted octanol–water partition coefficient (Wildman–Crippen LogP) is 2.84. The molecule has 0 bridgehead atoms. The molecule has 0 fully saturated rings. The van der Waals surface area contributed by atoms with E-state index in [2.05, 4.69) is 5.32 Å². The fourth-order valence-corrected chi connectivity index (χ4v) is 1.50. The third-order valence-corrected chi connectivity index (χ3v) is 2.91. The molecule has 0 saturated carbocycles. The van der Waals surface area contributed by atoms with Crippen LogP contribution in [0, 0.1) is 0 Å². The van der Waals surface area contributed by atoms with Crippen molar-refractivity contribution in [3.63, 3.8) is 0 Å². The lowest BCUT2D eigenvalue weighted by Gasteiger charge is -2.17. The first-order valence-electron chi connectivity index (χ1n) is 5.12. The molecule has 0 spiro atoms. The third kappa shape index (κ3) is 4.42. The summed E-state index contributed by atoms with van der Waals surface area (Å²) in [7, 11) is 1.66. The Labute approximate surface area is 110 Å². The minimum Gasteiger partial charge on any atom is -0.396 e. The van der Waals surface area contributed by atoms with E-state index in [0.29, 0.717) is 28.7 Å². The number of aliphatic hydroxyl groups excluding tert-OH is 1. The minimum atomic E-state index is -0.253.